The highest BCUT2D eigenvalue weighted by Crippen LogP contribution is 1.90. The molecule has 0 unspecified atom stereocenters. The smallest absolute Gasteiger partial charge is 0.265 e. The maximum absolute atomic E-state index is 10.6. The number of amides is 1. The molecule has 0 aliphatic carbocycles. The summed E-state index contributed by atoms with van der Waals surface area (Å²) in [4.78, 5) is 10.6. The molecule has 0 radical (unpaired) electrons. The van der Waals surface area contributed by atoms with Gasteiger partial charge in [-0.2, -0.15) is 0 Å². The molecule has 13 heavy (non-hydrogen) atoms. The average molecular weight is 210 g/mol. The Hall–Kier alpha value is -0.810. The normalized spacial score (nSPS) is 9.62. The molecule has 0 fully saturated rings. The topological polar surface area (TPSA) is 87.7 Å². The van der Waals surface area contributed by atoms with Gasteiger partial charge in [0.15, 0.2) is 0 Å². The predicted octanol–water partition coefficient (Wildman–Crippen LogP) is 0.113. The second-order valence-electron chi connectivity index (χ2n) is 2.38. The summed E-state index contributed by atoms with van der Waals surface area (Å²) in [5.41, 5.74) is 5.28. The molecule has 0 aliphatic rings. The molecule has 0 bridgehead atoms. The average Bonchev–Trinajstić information content (AvgIpc) is 2.05. The number of carbonyl (C=O) groups excluding carboxylic acids is 1. The van der Waals surface area contributed by atoms with Gasteiger partial charge in [-0.05, 0) is 19.4 Å². The first-order chi connectivity index (χ1) is 5.81. The fourth-order valence-electron chi connectivity index (χ4n) is 0.756. The Balaban J connectivity index is 0. The Bertz CT molecular complexity index is 153. The number of rotatable bonds is 6. The Kier molecular flexibility index (Phi) is 12.7. The molecule has 0 saturated carbocycles. The fourth-order valence-corrected chi connectivity index (χ4v) is 0.756. The van der Waals surface area contributed by atoms with E-state index in [2.05, 4.69) is 10.5 Å². The number of nitrogens with one attached hydrogen (secondary N) is 1. The van der Waals surface area contributed by atoms with Crippen molar-refractivity contribution in [2.45, 2.75) is 19.3 Å². The molecule has 0 aromatic rings. The van der Waals surface area contributed by atoms with Gasteiger partial charge in [-0.1, -0.05) is 11.6 Å². The predicted molar refractivity (Wildman–Crippen MR) is 53.4 cm³/mol. The Morgan fingerprint density at radius 3 is 2.69 bits per heavy atom. The molecule has 0 saturated heterocycles. The molecule has 0 atom stereocenters. The SMILES string of the molecule is Cl.NCCCCCNC(=O)/C=N/O. The van der Waals surface area contributed by atoms with Gasteiger partial charge in [0.05, 0.1) is 0 Å². The first kappa shape index (κ1) is 14.7. The Labute approximate surface area is 83.8 Å². The van der Waals surface area contributed by atoms with E-state index in [4.69, 9.17) is 10.9 Å². The lowest BCUT2D eigenvalue weighted by Crippen LogP contribution is -2.25. The van der Waals surface area contributed by atoms with Crippen LogP contribution in [0.15, 0.2) is 5.16 Å². The first-order valence-electron chi connectivity index (χ1n) is 3.96. The maximum atomic E-state index is 10.6. The molecular formula is C7H16ClN3O2. The van der Waals surface area contributed by atoms with Gasteiger partial charge in [-0.3, -0.25) is 4.79 Å². The first-order valence-corrected chi connectivity index (χ1v) is 3.96. The van der Waals surface area contributed by atoms with Gasteiger partial charge in [-0.15, -0.1) is 12.4 Å². The van der Waals surface area contributed by atoms with Crippen LogP contribution in [0.1, 0.15) is 19.3 Å². The lowest BCUT2D eigenvalue weighted by molar-refractivity contribution is -0.114. The quantitative estimate of drug-likeness (QED) is 0.251. The van der Waals surface area contributed by atoms with E-state index in [1.807, 2.05) is 0 Å². The summed E-state index contributed by atoms with van der Waals surface area (Å²) in [6.07, 6.45) is 3.72. The zero-order chi connectivity index (χ0) is 9.23. The molecule has 0 aromatic heterocycles. The standard InChI is InChI=1S/C7H15N3O2.ClH/c8-4-2-1-3-5-9-7(11)6-10-12;/h6,12H,1-5,8H2,(H,9,11);1H/b10-6+;. The third-order valence-electron chi connectivity index (χ3n) is 1.36. The van der Waals surface area contributed by atoms with E-state index in [1.165, 1.54) is 0 Å². The number of unbranched alkanes of at least 4 members (excludes halogenated alkanes) is 2. The van der Waals surface area contributed by atoms with Crippen LogP contribution in [0.4, 0.5) is 0 Å². The van der Waals surface area contributed by atoms with Crippen LogP contribution < -0.4 is 11.1 Å². The van der Waals surface area contributed by atoms with Crippen molar-refractivity contribution >= 4 is 24.5 Å². The summed E-state index contributed by atoms with van der Waals surface area (Å²) in [5, 5.41) is 13.1. The van der Waals surface area contributed by atoms with E-state index in [0.717, 1.165) is 25.5 Å². The lowest BCUT2D eigenvalue weighted by atomic mass is 10.2. The number of halogens is 1. The van der Waals surface area contributed by atoms with Crippen LogP contribution in [-0.2, 0) is 4.79 Å². The van der Waals surface area contributed by atoms with Crippen LogP contribution in [0.3, 0.4) is 0 Å². The van der Waals surface area contributed by atoms with Crippen LogP contribution in [0.5, 0.6) is 0 Å². The van der Waals surface area contributed by atoms with Crippen molar-refractivity contribution in [1.82, 2.24) is 5.32 Å². The van der Waals surface area contributed by atoms with Gasteiger partial charge < -0.3 is 16.3 Å². The van der Waals surface area contributed by atoms with Crippen molar-refractivity contribution in [2.24, 2.45) is 10.9 Å². The molecule has 0 aromatic carbocycles. The molecule has 78 valence electrons. The molecule has 0 aliphatic heterocycles. The van der Waals surface area contributed by atoms with Crippen LogP contribution in [0, 0.1) is 0 Å². The number of oxime groups is 1. The zero-order valence-corrected chi connectivity index (χ0v) is 8.22. The van der Waals surface area contributed by atoms with E-state index < -0.39 is 0 Å². The highest BCUT2D eigenvalue weighted by Gasteiger charge is 1.94. The van der Waals surface area contributed by atoms with Gasteiger partial charge in [0.1, 0.15) is 6.21 Å². The molecule has 0 heterocycles. The minimum atomic E-state index is -0.370. The number of nitrogens with zero attached hydrogens (tertiary/aromatic N) is 1. The summed E-state index contributed by atoms with van der Waals surface area (Å²) in [6, 6.07) is 0. The van der Waals surface area contributed by atoms with Crippen molar-refractivity contribution in [3.8, 4) is 0 Å². The number of hydrogen-bond donors (Lipinski definition) is 3. The van der Waals surface area contributed by atoms with E-state index in [0.29, 0.717) is 13.1 Å². The van der Waals surface area contributed by atoms with Crippen molar-refractivity contribution < 1.29 is 10.0 Å². The van der Waals surface area contributed by atoms with Crippen molar-refractivity contribution in [3.05, 3.63) is 0 Å². The minimum absolute atomic E-state index is 0. The summed E-state index contributed by atoms with van der Waals surface area (Å²) < 4.78 is 0. The van der Waals surface area contributed by atoms with E-state index in [1.54, 1.807) is 0 Å². The monoisotopic (exact) mass is 209 g/mol. The number of hydrogen-bond acceptors (Lipinski definition) is 4. The highest BCUT2D eigenvalue weighted by molar-refractivity contribution is 6.25. The largest absolute Gasteiger partial charge is 0.411 e. The highest BCUT2D eigenvalue weighted by atomic mass is 35.5. The zero-order valence-electron chi connectivity index (χ0n) is 7.40. The van der Waals surface area contributed by atoms with Crippen LogP contribution in [0.25, 0.3) is 0 Å². The van der Waals surface area contributed by atoms with Gasteiger partial charge >= 0.3 is 0 Å². The Morgan fingerprint density at radius 1 is 1.46 bits per heavy atom. The third-order valence-corrected chi connectivity index (χ3v) is 1.36. The van der Waals surface area contributed by atoms with E-state index in [9.17, 15) is 4.79 Å². The molecule has 0 rings (SSSR count). The van der Waals surface area contributed by atoms with Gasteiger partial charge in [0, 0.05) is 6.54 Å². The third kappa shape index (κ3) is 11.2. The van der Waals surface area contributed by atoms with Crippen LogP contribution in [0.2, 0.25) is 0 Å². The minimum Gasteiger partial charge on any atom is -0.411 e. The molecule has 4 N–H and O–H groups in total. The Morgan fingerprint density at radius 2 is 2.15 bits per heavy atom. The number of carbonyl (C=O) groups is 1. The van der Waals surface area contributed by atoms with Crippen molar-refractivity contribution in [3.63, 3.8) is 0 Å². The summed E-state index contributed by atoms with van der Waals surface area (Å²) in [7, 11) is 0. The summed E-state index contributed by atoms with van der Waals surface area (Å²) >= 11 is 0. The molecule has 5 nitrogen and oxygen atoms in total. The summed E-state index contributed by atoms with van der Waals surface area (Å²) in [6.45, 7) is 1.29. The summed E-state index contributed by atoms with van der Waals surface area (Å²) in [5.74, 6) is -0.370. The lowest BCUT2D eigenvalue weighted by Gasteiger charge is -1.99. The molecule has 6 heteroatoms. The van der Waals surface area contributed by atoms with Crippen molar-refractivity contribution in [2.75, 3.05) is 13.1 Å². The molecule has 1 amide bonds. The second-order valence-corrected chi connectivity index (χ2v) is 2.38. The second kappa shape index (κ2) is 11.2. The maximum Gasteiger partial charge on any atom is 0.265 e. The molecular weight excluding hydrogens is 194 g/mol. The van der Waals surface area contributed by atoms with Crippen LogP contribution in [-0.4, -0.2) is 30.4 Å². The fraction of sp³-hybridized carbons (Fsp3) is 0.714. The molecule has 0 spiro atoms. The van der Waals surface area contributed by atoms with Gasteiger partial charge in [0.25, 0.3) is 5.91 Å². The van der Waals surface area contributed by atoms with E-state index >= 15 is 0 Å². The van der Waals surface area contributed by atoms with Gasteiger partial charge in [-0.25, -0.2) is 0 Å². The number of nitrogens with two attached hydrogens (primary N) is 1. The van der Waals surface area contributed by atoms with Crippen LogP contribution >= 0.6 is 12.4 Å². The van der Waals surface area contributed by atoms with E-state index in [-0.39, 0.29) is 18.3 Å². The van der Waals surface area contributed by atoms with Crippen molar-refractivity contribution in [1.29, 1.82) is 0 Å². The van der Waals surface area contributed by atoms with Gasteiger partial charge in [0.2, 0.25) is 0 Å².